The van der Waals surface area contributed by atoms with Crippen molar-refractivity contribution in [1.82, 2.24) is 9.97 Å². The minimum atomic E-state index is -0.0939. The summed E-state index contributed by atoms with van der Waals surface area (Å²) in [5, 5.41) is 1.87. The van der Waals surface area contributed by atoms with Gasteiger partial charge in [0.05, 0.1) is 12.2 Å². The molecule has 0 fully saturated rings. The molecule has 0 saturated carbocycles. The molecule has 0 aliphatic heterocycles. The number of hydrogen-bond donors (Lipinski definition) is 0. The van der Waals surface area contributed by atoms with E-state index in [0.717, 1.165) is 50.0 Å². The number of aromatic nitrogens is 2. The molecule has 0 unspecified atom stereocenters. The molecule has 0 spiro atoms. The molecular formula is C37H33IrN3O-2. The first kappa shape index (κ1) is 30.8. The molecule has 0 N–H and O–H groups in total. The number of nitrogens with zero attached hydrogens (tertiary/aromatic N) is 3. The van der Waals surface area contributed by atoms with Gasteiger partial charge in [-0.1, -0.05) is 88.9 Å². The summed E-state index contributed by atoms with van der Waals surface area (Å²) in [7, 11) is 0. The van der Waals surface area contributed by atoms with Crippen molar-refractivity contribution in [2.45, 2.75) is 52.4 Å². The van der Waals surface area contributed by atoms with Crippen LogP contribution in [0.15, 0.2) is 95.7 Å². The Bertz CT molecular complexity index is 1840. The van der Waals surface area contributed by atoms with Crippen LogP contribution >= 0.6 is 0 Å². The summed E-state index contributed by atoms with van der Waals surface area (Å²) in [5.74, 6) is 0. The van der Waals surface area contributed by atoms with Crippen LogP contribution in [-0.2, 0) is 30.9 Å². The minimum absolute atomic E-state index is 0. The molecule has 42 heavy (non-hydrogen) atoms. The molecule has 0 bridgehead atoms. The first-order valence-electron chi connectivity index (χ1n) is 13.7. The maximum Gasteiger partial charge on any atom is 0.197 e. The van der Waals surface area contributed by atoms with E-state index in [1.54, 1.807) is 6.20 Å². The molecule has 0 aliphatic carbocycles. The van der Waals surface area contributed by atoms with Crippen LogP contribution in [0.2, 0.25) is 0 Å². The summed E-state index contributed by atoms with van der Waals surface area (Å²) in [4.78, 5) is 12.6. The van der Waals surface area contributed by atoms with Gasteiger partial charge in [-0.3, -0.25) is 0 Å². The Labute approximate surface area is 262 Å². The van der Waals surface area contributed by atoms with Gasteiger partial charge in [0.15, 0.2) is 5.69 Å². The minimum Gasteiger partial charge on any atom is -0.502 e. The second-order valence-electron chi connectivity index (χ2n) is 12.1. The number of benzene rings is 3. The largest absolute Gasteiger partial charge is 0.502 e. The van der Waals surface area contributed by atoms with E-state index in [1.807, 2.05) is 72.9 Å². The molecule has 213 valence electrons. The molecule has 0 saturated heterocycles. The molecule has 0 amide bonds. The van der Waals surface area contributed by atoms with E-state index in [4.69, 9.17) is 11.0 Å². The van der Waals surface area contributed by atoms with Gasteiger partial charge >= 0.3 is 0 Å². The zero-order chi connectivity index (χ0) is 29.2. The fourth-order valence-corrected chi connectivity index (χ4v) is 4.78. The predicted octanol–water partition coefficient (Wildman–Crippen LogP) is 10.1. The van der Waals surface area contributed by atoms with Crippen LogP contribution in [-0.4, -0.2) is 9.97 Å². The third-order valence-electron chi connectivity index (χ3n) is 7.01. The number of rotatable bonds is 2. The molecule has 6 rings (SSSR count). The van der Waals surface area contributed by atoms with Crippen molar-refractivity contribution < 1.29 is 24.5 Å². The van der Waals surface area contributed by atoms with Gasteiger partial charge in [0.2, 0.25) is 0 Å². The Morgan fingerprint density at radius 1 is 0.762 bits per heavy atom. The summed E-state index contributed by atoms with van der Waals surface area (Å²) >= 11 is 0. The molecular weight excluding hydrogens is 695 g/mol. The van der Waals surface area contributed by atoms with Crippen molar-refractivity contribution in [3.8, 4) is 22.5 Å². The Morgan fingerprint density at radius 2 is 1.55 bits per heavy atom. The topological polar surface area (TPSA) is 43.3 Å². The molecule has 0 atom stereocenters. The van der Waals surface area contributed by atoms with Crippen molar-refractivity contribution in [2.24, 2.45) is 0 Å². The molecule has 3 heterocycles. The van der Waals surface area contributed by atoms with Crippen molar-refractivity contribution >= 4 is 27.6 Å². The van der Waals surface area contributed by atoms with E-state index in [-0.39, 0.29) is 30.9 Å². The zero-order valence-electron chi connectivity index (χ0n) is 24.7. The first-order valence-corrected chi connectivity index (χ1v) is 13.7. The Hall–Kier alpha value is -4.10. The smallest absolute Gasteiger partial charge is 0.197 e. The number of fused-ring (bicyclic) bond motifs is 3. The summed E-state index contributed by atoms with van der Waals surface area (Å²) < 4.78 is 6.20. The van der Waals surface area contributed by atoms with Crippen LogP contribution in [0.25, 0.3) is 49.3 Å². The number of pyridine rings is 2. The van der Waals surface area contributed by atoms with Crippen LogP contribution in [0.1, 0.15) is 52.7 Å². The Kier molecular flexibility index (Phi) is 9.12. The third kappa shape index (κ3) is 6.36. The quantitative estimate of drug-likeness (QED) is 0.167. The van der Waals surface area contributed by atoms with Crippen molar-refractivity contribution in [3.05, 3.63) is 126 Å². The summed E-state index contributed by atoms with van der Waals surface area (Å²) in [5.41, 5.74) is 8.20. The van der Waals surface area contributed by atoms with Gasteiger partial charge in [-0.05, 0) is 39.9 Å². The van der Waals surface area contributed by atoms with Crippen LogP contribution in [0.4, 0.5) is 5.69 Å². The Morgan fingerprint density at radius 3 is 2.14 bits per heavy atom. The maximum atomic E-state index is 7.55. The molecule has 3 aromatic carbocycles. The average Bonchev–Trinajstić information content (AvgIpc) is 3.37. The molecule has 0 aliphatic rings. The summed E-state index contributed by atoms with van der Waals surface area (Å²) in [6.07, 6.45) is 3.72. The van der Waals surface area contributed by atoms with Crippen LogP contribution in [0, 0.1) is 18.7 Å². The van der Waals surface area contributed by atoms with Gasteiger partial charge in [-0.25, -0.2) is 4.85 Å². The van der Waals surface area contributed by atoms with Gasteiger partial charge in [-0.15, -0.1) is 53.6 Å². The van der Waals surface area contributed by atoms with Crippen LogP contribution in [0.5, 0.6) is 0 Å². The Balaban J connectivity index is 0.000000207. The van der Waals surface area contributed by atoms with Gasteiger partial charge < -0.3 is 14.4 Å². The molecule has 4 nitrogen and oxygen atoms in total. The zero-order valence-corrected chi connectivity index (χ0v) is 27.1. The molecule has 1 radical (unpaired) electrons. The van der Waals surface area contributed by atoms with E-state index in [0.29, 0.717) is 5.69 Å². The normalized spacial score (nSPS) is 11.4. The standard InChI is InChI=1S/C22H17N2O.C15H16N.Ir/c1-22(2,3)15-12-11-14(16-8-5-6-13-24-16)21-19(15)20-17(23-4)9-7-10-18(20)25-21;1-15(2,3)13-9-10-14(16-11-13)12-7-5-4-6-8-12;/h5-10,12-13H,1-3H3;4-7,9-11H,1-3H3;/q2*-1;. The summed E-state index contributed by atoms with van der Waals surface area (Å²) in [6.45, 7) is 20.6. The molecule has 6 aromatic rings. The van der Waals surface area contributed by atoms with Crippen LogP contribution < -0.4 is 0 Å². The van der Waals surface area contributed by atoms with Crippen LogP contribution in [0.3, 0.4) is 0 Å². The van der Waals surface area contributed by atoms with E-state index in [9.17, 15) is 0 Å². The first-order chi connectivity index (χ1) is 19.6. The monoisotopic (exact) mass is 728 g/mol. The van der Waals surface area contributed by atoms with Gasteiger partial charge in [0.25, 0.3) is 0 Å². The number of furan rings is 1. The molecule has 3 aromatic heterocycles. The van der Waals surface area contributed by atoms with Crippen molar-refractivity contribution in [1.29, 1.82) is 0 Å². The van der Waals surface area contributed by atoms with E-state index in [1.165, 1.54) is 5.56 Å². The van der Waals surface area contributed by atoms with Gasteiger partial charge in [-0.2, -0.15) is 0 Å². The van der Waals surface area contributed by atoms with Gasteiger partial charge in [0.1, 0.15) is 5.58 Å². The fraction of sp³-hybridized carbons (Fsp3) is 0.216. The second kappa shape index (κ2) is 12.4. The van der Waals surface area contributed by atoms with Crippen molar-refractivity contribution in [2.75, 3.05) is 0 Å². The third-order valence-corrected chi connectivity index (χ3v) is 7.01. The van der Waals surface area contributed by atoms with E-state index >= 15 is 0 Å². The predicted molar refractivity (Wildman–Crippen MR) is 168 cm³/mol. The second-order valence-corrected chi connectivity index (χ2v) is 12.1. The van der Waals surface area contributed by atoms with E-state index < -0.39 is 0 Å². The number of hydrogen-bond acceptors (Lipinski definition) is 3. The van der Waals surface area contributed by atoms with Crippen molar-refractivity contribution in [3.63, 3.8) is 0 Å². The summed E-state index contributed by atoms with van der Waals surface area (Å²) in [6, 6.07) is 32.1. The average molecular weight is 728 g/mol. The fourth-order valence-electron chi connectivity index (χ4n) is 4.78. The van der Waals surface area contributed by atoms with E-state index in [2.05, 4.69) is 80.6 Å². The molecule has 5 heteroatoms. The van der Waals surface area contributed by atoms with Gasteiger partial charge in [0, 0.05) is 37.9 Å². The SMILES string of the molecule is CC(C)(C)c1ccc(-c2[c-]cccc2)nc1.[C-]#[N+]c1cccc2oc3c(-c4ccccn4)[c-]cc(C(C)(C)C)c3c12.[Ir]. The maximum absolute atomic E-state index is 7.55.